The highest BCUT2D eigenvalue weighted by molar-refractivity contribution is 5.71. The zero-order chi connectivity index (χ0) is 24.5. The van der Waals surface area contributed by atoms with E-state index in [1.54, 1.807) is 0 Å². The summed E-state index contributed by atoms with van der Waals surface area (Å²) in [5, 5.41) is 0. The Kier molecular flexibility index (Phi) is 6.90. The topological polar surface area (TPSA) is 78.1 Å². The second-order valence-corrected chi connectivity index (χ2v) is 9.34. The smallest absolute Gasteiger partial charge is 0.0594 e. The van der Waals surface area contributed by atoms with Crippen LogP contribution in [0.5, 0.6) is 0 Å². The summed E-state index contributed by atoms with van der Waals surface area (Å²) in [6.45, 7) is 10.5. The fourth-order valence-corrected chi connectivity index (χ4v) is 5.51. The number of hydrogen-bond acceptors (Lipinski definition) is 3. The van der Waals surface area contributed by atoms with Crippen LogP contribution in [0.4, 0.5) is 0 Å². The molecule has 3 aromatic rings. The highest BCUT2D eigenvalue weighted by atomic mass is 14.6. The van der Waals surface area contributed by atoms with Gasteiger partial charge in [-0.2, -0.15) is 0 Å². The van der Waals surface area contributed by atoms with Crippen molar-refractivity contribution in [2.24, 2.45) is 17.2 Å². The fraction of sp³-hybridized carbons (Fsp3) is 0.258. The van der Waals surface area contributed by atoms with Crippen molar-refractivity contribution in [1.82, 2.24) is 0 Å². The molecule has 0 bridgehead atoms. The molecule has 0 fully saturated rings. The van der Waals surface area contributed by atoms with E-state index < -0.39 is 5.41 Å². The third-order valence-corrected chi connectivity index (χ3v) is 7.60. The van der Waals surface area contributed by atoms with E-state index in [0.29, 0.717) is 19.6 Å². The lowest BCUT2D eigenvalue weighted by Gasteiger charge is -2.43. The van der Waals surface area contributed by atoms with Crippen LogP contribution in [0, 0.1) is 5.92 Å². The minimum atomic E-state index is -0.533. The number of allylic oxidation sites excluding steroid dienone is 4. The lowest BCUT2D eigenvalue weighted by Crippen LogP contribution is -2.38. The SMILES string of the molecule is CC1=C(C)C(C)=C(C)[C]1C(c1cccc(CN)c1)(c1cccc(CN)c1)c1cccc(CN)c1. The number of benzene rings is 3. The average molecular weight is 451 g/mol. The van der Waals surface area contributed by atoms with Crippen LogP contribution in [-0.4, -0.2) is 0 Å². The van der Waals surface area contributed by atoms with Gasteiger partial charge >= 0.3 is 0 Å². The zero-order valence-corrected chi connectivity index (χ0v) is 20.8. The Morgan fingerprint density at radius 1 is 0.500 bits per heavy atom. The molecule has 34 heavy (non-hydrogen) atoms. The normalized spacial score (nSPS) is 14.9. The quantitative estimate of drug-likeness (QED) is 0.407. The fourth-order valence-electron chi connectivity index (χ4n) is 5.51. The Bertz CT molecular complexity index is 1130. The largest absolute Gasteiger partial charge is 0.326 e. The summed E-state index contributed by atoms with van der Waals surface area (Å²) in [6.07, 6.45) is 0. The molecule has 1 radical (unpaired) electrons. The van der Waals surface area contributed by atoms with Crippen molar-refractivity contribution in [1.29, 1.82) is 0 Å². The first-order chi connectivity index (χ1) is 16.4. The minimum absolute atomic E-state index is 0.493. The summed E-state index contributed by atoms with van der Waals surface area (Å²) < 4.78 is 0. The monoisotopic (exact) mass is 450 g/mol. The summed E-state index contributed by atoms with van der Waals surface area (Å²) in [4.78, 5) is 0. The van der Waals surface area contributed by atoms with E-state index in [9.17, 15) is 0 Å². The van der Waals surface area contributed by atoms with E-state index in [2.05, 4.69) is 100 Å². The van der Waals surface area contributed by atoms with Crippen LogP contribution in [0.3, 0.4) is 0 Å². The van der Waals surface area contributed by atoms with Crippen LogP contribution < -0.4 is 17.2 Å². The predicted octanol–water partition coefficient (Wildman–Crippen LogP) is 5.66. The van der Waals surface area contributed by atoms with Crippen LogP contribution in [-0.2, 0) is 25.0 Å². The van der Waals surface area contributed by atoms with Gasteiger partial charge < -0.3 is 17.2 Å². The molecular formula is C31H36N3. The molecule has 0 amide bonds. The van der Waals surface area contributed by atoms with Gasteiger partial charge in [-0.1, -0.05) is 83.9 Å². The van der Waals surface area contributed by atoms with Crippen LogP contribution in [0.1, 0.15) is 61.1 Å². The van der Waals surface area contributed by atoms with E-state index in [0.717, 1.165) is 16.7 Å². The van der Waals surface area contributed by atoms with Gasteiger partial charge in [0.15, 0.2) is 0 Å². The van der Waals surface area contributed by atoms with Gasteiger partial charge in [0.05, 0.1) is 5.41 Å². The first kappa shape index (κ1) is 24.2. The van der Waals surface area contributed by atoms with Crippen molar-refractivity contribution in [3.8, 4) is 0 Å². The first-order valence-electron chi connectivity index (χ1n) is 12.0. The third-order valence-electron chi connectivity index (χ3n) is 7.60. The second kappa shape index (κ2) is 9.71. The van der Waals surface area contributed by atoms with Gasteiger partial charge in [0, 0.05) is 25.6 Å². The summed E-state index contributed by atoms with van der Waals surface area (Å²) in [5.74, 6) is 1.33. The van der Waals surface area contributed by atoms with E-state index in [1.165, 1.54) is 44.9 Å². The summed E-state index contributed by atoms with van der Waals surface area (Å²) in [7, 11) is 0. The van der Waals surface area contributed by atoms with Crippen molar-refractivity contribution < 1.29 is 0 Å². The van der Waals surface area contributed by atoms with E-state index in [4.69, 9.17) is 17.2 Å². The Hall–Kier alpha value is -2.98. The summed E-state index contributed by atoms with van der Waals surface area (Å²) in [5.41, 5.74) is 30.1. The Morgan fingerprint density at radius 3 is 1.12 bits per heavy atom. The van der Waals surface area contributed by atoms with Gasteiger partial charge in [-0.15, -0.1) is 0 Å². The molecule has 1 aliphatic carbocycles. The minimum Gasteiger partial charge on any atom is -0.326 e. The molecule has 0 aromatic heterocycles. The van der Waals surface area contributed by atoms with Crippen molar-refractivity contribution in [2.45, 2.75) is 52.7 Å². The van der Waals surface area contributed by atoms with E-state index in [-0.39, 0.29) is 0 Å². The molecule has 175 valence electrons. The number of rotatable bonds is 7. The number of nitrogens with two attached hydrogens (primary N) is 3. The molecule has 3 heteroatoms. The molecule has 3 aromatic carbocycles. The van der Waals surface area contributed by atoms with Crippen molar-refractivity contribution >= 4 is 0 Å². The standard InChI is InChI=1S/C31H36N3/c1-20-21(2)23(4)30(22(20)3)31(27-11-5-8-24(14-27)17-32,28-12-6-9-25(15-28)18-33)29-13-7-10-26(16-29)19-34/h5-16H,17-19,32-34H2,1-4H3. The van der Waals surface area contributed by atoms with Gasteiger partial charge in [-0.3, -0.25) is 0 Å². The lowest BCUT2D eigenvalue weighted by molar-refractivity contribution is 0.659. The molecule has 0 unspecified atom stereocenters. The maximum absolute atomic E-state index is 6.12. The van der Waals surface area contributed by atoms with Gasteiger partial charge in [-0.25, -0.2) is 0 Å². The molecule has 6 N–H and O–H groups in total. The van der Waals surface area contributed by atoms with Gasteiger partial charge in [0.25, 0.3) is 0 Å². The molecule has 3 nitrogen and oxygen atoms in total. The van der Waals surface area contributed by atoms with Crippen LogP contribution in [0.2, 0.25) is 0 Å². The van der Waals surface area contributed by atoms with Gasteiger partial charge in [-0.05, 0) is 72.2 Å². The maximum atomic E-state index is 6.12. The van der Waals surface area contributed by atoms with Crippen LogP contribution in [0.25, 0.3) is 0 Å². The van der Waals surface area contributed by atoms with Crippen LogP contribution in [0.15, 0.2) is 95.1 Å². The predicted molar refractivity (Wildman–Crippen MR) is 143 cm³/mol. The highest BCUT2D eigenvalue weighted by Crippen LogP contribution is 2.56. The average Bonchev–Trinajstić information content (AvgIpc) is 3.08. The molecule has 1 aliphatic rings. The Balaban J connectivity index is 2.20. The van der Waals surface area contributed by atoms with Crippen molar-refractivity contribution in [2.75, 3.05) is 0 Å². The number of hydrogen-bond donors (Lipinski definition) is 3. The Morgan fingerprint density at radius 2 is 0.824 bits per heavy atom. The molecule has 0 saturated heterocycles. The zero-order valence-electron chi connectivity index (χ0n) is 20.8. The van der Waals surface area contributed by atoms with E-state index >= 15 is 0 Å². The maximum Gasteiger partial charge on any atom is 0.0594 e. The lowest BCUT2D eigenvalue weighted by atomic mass is 9.58. The van der Waals surface area contributed by atoms with Crippen LogP contribution >= 0.6 is 0 Å². The van der Waals surface area contributed by atoms with Gasteiger partial charge in [0.2, 0.25) is 0 Å². The molecule has 4 rings (SSSR count). The highest BCUT2D eigenvalue weighted by Gasteiger charge is 2.48. The first-order valence-corrected chi connectivity index (χ1v) is 12.0. The molecular weight excluding hydrogens is 414 g/mol. The van der Waals surface area contributed by atoms with Crippen molar-refractivity contribution in [3.05, 3.63) is 134 Å². The van der Waals surface area contributed by atoms with Gasteiger partial charge in [0.1, 0.15) is 0 Å². The Labute approximate surface area is 204 Å². The molecule has 0 aliphatic heterocycles. The third kappa shape index (κ3) is 3.84. The van der Waals surface area contributed by atoms with Crippen molar-refractivity contribution in [3.63, 3.8) is 0 Å². The molecule has 0 saturated carbocycles. The summed E-state index contributed by atoms with van der Waals surface area (Å²) >= 11 is 0. The summed E-state index contributed by atoms with van der Waals surface area (Å²) in [6, 6.07) is 26.2. The van der Waals surface area contributed by atoms with E-state index in [1.807, 2.05) is 0 Å². The second-order valence-electron chi connectivity index (χ2n) is 9.34. The molecule has 0 spiro atoms. The molecule has 0 atom stereocenters. The molecule has 0 heterocycles.